The first kappa shape index (κ1) is 28.3. The summed E-state index contributed by atoms with van der Waals surface area (Å²) in [4.78, 5) is 46.6. The Hall–Kier alpha value is -4.27. The molecule has 12 nitrogen and oxygen atoms in total. The number of ether oxygens (including phenoxy) is 3. The van der Waals surface area contributed by atoms with Crippen molar-refractivity contribution < 1.29 is 33.1 Å². The Morgan fingerprint density at radius 2 is 1.68 bits per heavy atom. The predicted octanol–water partition coefficient (Wildman–Crippen LogP) is 5.05. The molecule has 3 fully saturated rings. The van der Waals surface area contributed by atoms with Gasteiger partial charge in [0.25, 0.3) is 5.54 Å². The normalized spacial score (nSPS) is 25.3. The van der Waals surface area contributed by atoms with E-state index in [1.54, 1.807) is 37.8 Å². The van der Waals surface area contributed by atoms with E-state index in [-0.39, 0.29) is 36.8 Å². The standard InChI is InChI=1S/C29H35N5O7/c1-27(2,3)40-24(35)32-16-21-22(17-32)29(21,30-7)18-8-10-19(11-9-18)33-14-20(39-25(33)36)15-34(23-12-13-38-31-23)26(37)41-28(4,5)6/h8-13,20-22H,14-17H2,1-6H3/t20-,21-,22+,29?/m1/s1. The van der Waals surface area contributed by atoms with Gasteiger partial charge in [0.15, 0.2) is 5.82 Å². The molecule has 0 radical (unpaired) electrons. The number of anilines is 2. The molecule has 0 N–H and O–H groups in total. The van der Waals surface area contributed by atoms with Crippen LogP contribution in [0.3, 0.4) is 0 Å². The molecule has 1 unspecified atom stereocenters. The first-order valence-corrected chi connectivity index (χ1v) is 13.6. The van der Waals surface area contributed by atoms with Crippen LogP contribution in [0.2, 0.25) is 0 Å². The Labute approximate surface area is 238 Å². The number of aromatic nitrogens is 1. The minimum atomic E-state index is -0.726. The van der Waals surface area contributed by atoms with Gasteiger partial charge in [-0.25, -0.2) is 21.0 Å². The van der Waals surface area contributed by atoms with Crippen LogP contribution in [-0.4, -0.2) is 71.8 Å². The topological polar surface area (TPSA) is 119 Å². The quantitative estimate of drug-likeness (QED) is 0.365. The van der Waals surface area contributed by atoms with E-state index in [4.69, 9.17) is 25.3 Å². The Balaban J connectivity index is 1.24. The number of piperidine rings is 1. The van der Waals surface area contributed by atoms with Crippen molar-refractivity contribution in [3.05, 3.63) is 53.6 Å². The third kappa shape index (κ3) is 5.53. The van der Waals surface area contributed by atoms with Crippen molar-refractivity contribution in [2.45, 2.75) is 64.4 Å². The zero-order valence-electron chi connectivity index (χ0n) is 24.1. The van der Waals surface area contributed by atoms with Crippen LogP contribution in [0.25, 0.3) is 4.85 Å². The molecule has 3 heterocycles. The summed E-state index contributed by atoms with van der Waals surface area (Å²) in [5, 5.41) is 3.85. The second kappa shape index (κ2) is 9.98. The van der Waals surface area contributed by atoms with Crippen LogP contribution in [-0.2, 0) is 19.7 Å². The van der Waals surface area contributed by atoms with E-state index in [1.807, 2.05) is 32.9 Å². The largest absolute Gasteiger partial charge is 0.444 e. The number of benzene rings is 1. The molecule has 218 valence electrons. The Bertz CT molecular complexity index is 1340. The van der Waals surface area contributed by atoms with Gasteiger partial charge in [0.05, 0.1) is 24.9 Å². The summed E-state index contributed by atoms with van der Waals surface area (Å²) in [7, 11) is 0. The summed E-state index contributed by atoms with van der Waals surface area (Å²) in [6, 6.07) is 8.87. The first-order chi connectivity index (χ1) is 19.2. The molecule has 2 saturated heterocycles. The van der Waals surface area contributed by atoms with Crippen molar-refractivity contribution in [1.29, 1.82) is 0 Å². The molecule has 3 aliphatic rings. The number of fused-ring (bicyclic) bond motifs is 1. The molecule has 1 aromatic heterocycles. The molecule has 4 atom stereocenters. The van der Waals surface area contributed by atoms with Crippen LogP contribution >= 0.6 is 0 Å². The van der Waals surface area contributed by atoms with Gasteiger partial charge in [-0.05, 0) is 65.8 Å². The molecule has 2 aromatic rings. The SMILES string of the molecule is [C-]#[N+]C1(c2ccc(N3C[C@H](CN(C(=O)OC(C)(C)C)c4ccon4)OC3=O)cc2)[C@@H]2CN(C(=O)OC(C)(C)C)C[C@@H]21. The number of nitrogens with zero attached hydrogens (tertiary/aromatic N) is 5. The van der Waals surface area contributed by atoms with Crippen molar-refractivity contribution in [2.24, 2.45) is 11.8 Å². The minimum absolute atomic E-state index is 0.0279. The molecule has 5 rings (SSSR count). The highest BCUT2D eigenvalue weighted by Gasteiger charge is 2.77. The van der Waals surface area contributed by atoms with Crippen LogP contribution in [0.1, 0.15) is 47.1 Å². The van der Waals surface area contributed by atoms with Crippen molar-refractivity contribution in [2.75, 3.05) is 36.0 Å². The van der Waals surface area contributed by atoms with Crippen LogP contribution in [0.15, 0.2) is 41.1 Å². The van der Waals surface area contributed by atoms with Gasteiger partial charge in [-0.2, -0.15) is 0 Å². The van der Waals surface area contributed by atoms with E-state index in [0.717, 1.165) is 5.56 Å². The lowest BCUT2D eigenvalue weighted by Gasteiger charge is -2.26. The summed E-state index contributed by atoms with van der Waals surface area (Å²) in [6.07, 6.45) is -0.809. The summed E-state index contributed by atoms with van der Waals surface area (Å²) in [6.45, 7) is 19.9. The monoisotopic (exact) mass is 565 g/mol. The van der Waals surface area contributed by atoms with Crippen LogP contribution in [0, 0.1) is 18.4 Å². The lowest BCUT2D eigenvalue weighted by molar-refractivity contribution is 0.0265. The average molecular weight is 566 g/mol. The zero-order chi connectivity index (χ0) is 29.7. The number of hydrogen-bond acceptors (Lipinski definition) is 8. The molecular formula is C29H35N5O7. The zero-order valence-corrected chi connectivity index (χ0v) is 24.1. The van der Waals surface area contributed by atoms with E-state index >= 15 is 0 Å². The second-order valence-corrected chi connectivity index (χ2v) is 12.6. The van der Waals surface area contributed by atoms with Gasteiger partial charge in [-0.15, -0.1) is 0 Å². The summed E-state index contributed by atoms with van der Waals surface area (Å²) in [5.41, 5.74) is -0.502. The Morgan fingerprint density at radius 3 is 2.22 bits per heavy atom. The molecule has 0 bridgehead atoms. The molecule has 0 spiro atoms. The van der Waals surface area contributed by atoms with Gasteiger partial charge in [-0.1, -0.05) is 5.16 Å². The fourth-order valence-corrected chi connectivity index (χ4v) is 5.60. The van der Waals surface area contributed by atoms with Gasteiger partial charge in [-0.3, -0.25) is 9.80 Å². The molecule has 2 aliphatic heterocycles. The summed E-state index contributed by atoms with van der Waals surface area (Å²) < 4.78 is 21.5. The highest BCUT2D eigenvalue weighted by Crippen LogP contribution is 2.64. The second-order valence-electron chi connectivity index (χ2n) is 12.6. The predicted molar refractivity (Wildman–Crippen MR) is 147 cm³/mol. The van der Waals surface area contributed by atoms with E-state index < -0.39 is 35.0 Å². The molecular weight excluding hydrogens is 530 g/mol. The van der Waals surface area contributed by atoms with E-state index in [0.29, 0.717) is 18.8 Å². The van der Waals surface area contributed by atoms with Gasteiger partial charge in [0.1, 0.15) is 23.6 Å². The van der Waals surface area contributed by atoms with Crippen molar-refractivity contribution in [3.8, 4) is 0 Å². The molecule has 12 heteroatoms. The summed E-state index contributed by atoms with van der Waals surface area (Å²) >= 11 is 0. The number of carbonyl (C=O) groups is 3. The van der Waals surface area contributed by atoms with Crippen molar-refractivity contribution in [1.82, 2.24) is 10.1 Å². The summed E-state index contributed by atoms with van der Waals surface area (Å²) in [5.74, 6) is 0.326. The molecule has 3 amide bonds. The number of likely N-dealkylation sites (tertiary alicyclic amines) is 1. The third-order valence-electron chi connectivity index (χ3n) is 7.39. The van der Waals surface area contributed by atoms with Crippen LogP contribution in [0.4, 0.5) is 25.9 Å². The fourth-order valence-electron chi connectivity index (χ4n) is 5.60. The van der Waals surface area contributed by atoms with E-state index in [9.17, 15) is 14.4 Å². The third-order valence-corrected chi connectivity index (χ3v) is 7.39. The lowest BCUT2D eigenvalue weighted by atomic mass is 9.99. The smallest absolute Gasteiger partial charge is 0.416 e. The van der Waals surface area contributed by atoms with Crippen LogP contribution < -0.4 is 9.80 Å². The van der Waals surface area contributed by atoms with Gasteiger partial charge in [0.2, 0.25) is 0 Å². The first-order valence-electron chi connectivity index (χ1n) is 13.6. The molecule has 1 aliphatic carbocycles. The number of hydrogen-bond donors (Lipinski definition) is 0. The maximum atomic E-state index is 12.9. The van der Waals surface area contributed by atoms with E-state index in [1.165, 1.54) is 22.1 Å². The molecule has 41 heavy (non-hydrogen) atoms. The highest BCUT2D eigenvalue weighted by atomic mass is 16.6. The van der Waals surface area contributed by atoms with Gasteiger partial charge < -0.3 is 28.5 Å². The molecule has 1 saturated carbocycles. The molecule has 1 aromatic carbocycles. The van der Waals surface area contributed by atoms with Gasteiger partial charge >= 0.3 is 18.3 Å². The number of cyclic esters (lactones) is 1. The van der Waals surface area contributed by atoms with Gasteiger partial charge in [0, 0.05) is 30.4 Å². The number of amides is 3. The fraction of sp³-hybridized carbons (Fsp3) is 0.552. The number of rotatable bonds is 5. The number of carbonyl (C=O) groups excluding carboxylic acids is 3. The highest BCUT2D eigenvalue weighted by molar-refractivity contribution is 5.91. The van der Waals surface area contributed by atoms with E-state index in [2.05, 4.69) is 10.0 Å². The lowest BCUT2D eigenvalue weighted by Crippen LogP contribution is -2.42. The Morgan fingerprint density at radius 1 is 1.05 bits per heavy atom. The van der Waals surface area contributed by atoms with Crippen molar-refractivity contribution in [3.63, 3.8) is 0 Å². The Kier molecular flexibility index (Phi) is 6.88. The minimum Gasteiger partial charge on any atom is -0.444 e. The van der Waals surface area contributed by atoms with Crippen molar-refractivity contribution >= 4 is 29.8 Å². The average Bonchev–Trinajstić information content (AvgIpc) is 3.39. The van der Waals surface area contributed by atoms with Crippen LogP contribution in [0.5, 0.6) is 0 Å². The maximum Gasteiger partial charge on any atom is 0.416 e. The maximum absolute atomic E-state index is 12.9.